The van der Waals surface area contributed by atoms with E-state index in [1.54, 1.807) is 16.2 Å². The minimum Gasteiger partial charge on any atom is -0.467 e. The zero-order chi connectivity index (χ0) is 19.7. The number of esters is 1. The van der Waals surface area contributed by atoms with Crippen molar-refractivity contribution in [2.45, 2.75) is 70.0 Å². The highest BCUT2D eigenvalue weighted by Gasteiger charge is 2.47. The Morgan fingerprint density at radius 1 is 1.18 bits per heavy atom. The molecule has 1 aromatic rings. The number of ether oxygens (including phenoxy) is 1. The van der Waals surface area contributed by atoms with E-state index in [-0.39, 0.29) is 36.7 Å². The second-order valence-corrected chi connectivity index (χ2v) is 9.12. The topological polar surface area (TPSA) is 66.9 Å². The van der Waals surface area contributed by atoms with Crippen LogP contribution in [0.2, 0.25) is 0 Å². The van der Waals surface area contributed by atoms with Crippen molar-refractivity contribution in [3.8, 4) is 0 Å². The van der Waals surface area contributed by atoms with Crippen molar-refractivity contribution in [2.24, 2.45) is 5.92 Å². The van der Waals surface area contributed by atoms with Gasteiger partial charge in [0.05, 0.1) is 7.11 Å². The van der Waals surface area contributed by atoms with Crippen LogP contribution in [-0.4, -0.2) is 53.3 Å². The fourth-order valence-corrected chi connectivity index (χ4v) is 6.02. The van der Waals surface area contributed by atoms with Crippen molar-refractivity contribution in [1.82, 2.24) is 9.80 Å². The number of hydrogen-bond donors (Lipinski definition) is 0. The van der Waals surface area contributed by atoms with Gasteiger partial charge in [-0.3, -0.25) is 9.59 Å². The van der Waals surface area contributed by atoms with Gasteiger partial charge in [0.1, 0.15) is 6.04 Å². The van der Waals surface area contributed by atoms with Crippen LogP contribution < -0.4 is 0 Å². The summed E-state index contributed by atoms with van der Waals surface area (Å²) in [6, 6.07) is 1.73. The average molecular weight is 405 g/mol. The van der Waals surface area contributed by atoms with Crippen LogP contribution in [-0.2, 0) is 32.1 Å². The molecule has 0 unspecified atom stereocenters. The monoisotopic (exact) mass is 404 g/mol. The first-order valence-corrected chi connectivity index (χ1v) is 11.2. The first-order valence-electron chi connectivity index (χ1n) is 10.3. The molecule has 28 heavy (non-hydrogen) atoms. The van der Waals surface area contributed by atoms with E-state index >= 15 is 0 Å². The van der Waals surface area contributed by atoms with Crippen LogP contribution in [0.4, 0.5) is 0 Å². The molecule has 1 aliphatic carbocycles. The van der Waals surface area contributed by atoms with Crippen molar-refractivity contribution >= 4 is 29.1 Å². The molecule has 1 saturated heterocycles. The number of thiophene rings is 1. The number of methoxy groups -OCH3 is 1. The van der Waals surface area contributed by atoms with E-state index in [9.17, 15) is 14.4 Å². The van der Waals surface area contributed by atoms with Crippen LogP contribution in [0.15, 0.2) is 11.4 Å². The zero-order valence-electron chi connectivity index (χ0n) is 16.4. The van der Waals surface area contributed by atoms with E-state index in [1.165, 1.54) is 17.6 Å². The summed E-state index contributed by atoms with van der Waals surface area (Å²) in [5.74, 6) is 0.0114. The fraction of sp³-hybridized carbons (Fsp3) is 0.667. The van der Waals surface area contributed by atoms with Crippen LogP contribution >= 0.6 is 11.3 Å². The largest absolute Gasteiger partial charge is 0.467 e. The molecule has 7 heteroatoms. The minimum absolute atomic E-state index is 0.0270. The van der Waals surface area contributed by atoms with Gasteiger partial charge in [0.15, 0.2) is 0 Å². The average Bonchev–Trinajstić information content (AvgIpc) is 3.34. The lowest BCUT2D eigenvalue weighted by molar-refractivity contribution is -0.152. The third-order valence-corrected chi connectivity index (χ3v) is 7.59. The lowest BCUT2D eigenvalue weighted by Crippen LogP contribution is -2.47. The number of likely N-dealkylation sites (tertiary alicyclic amines) is 1. The number of carbonyl (C=O) groups is 3. The second-order valence-electron chi connectivity index (χ2n) is 8.12. The highest BCUT2D eigenvalue weighted by Crippen LogP contribution is 2.40. The van der Waals surface area contributed by atoms with Crippen molar-refractivity contribution in [1.29, 1.82) is 0 Å². The number of fused-ring (bicyclic) bond motifs is 2. The highest BCUT2D eigenvalue weighted by molar-refractivity contribution is 7.10. The van der Waals surface area contributed by atoms with Crippen LogP contribution in [0.25, 0.3) is 0 Å². The molecule has 0 radical (unpaired) electrons. The molecule has 3 heterocycles. The number of rotatable bonds is 4. The molecular formula is C21H28N2O4S. The number of hydrogen-bond acceptors (Lipinski definition) is 5. The molecule has 0 aromatic carbocycles. The van der Waals surface area contributed by atoms with Gasteiger partial charge in [-0.05, 0) is 48.6 Å². The van der Waals surface area contributed by atoms with E-state index < -0.39 is 6.04 Å². The molecule has 3 atom stereocenters. The van der Waals surface area contributed by atoms with E-state index in [2.05, 4.69) is 11.4 Å². The maximum Gasteiger partial charge on any atom is 0.328 e. The summed E-state index contributed by atoms with van der Waals surface area (Å²) < 4.78 is 4.96. The molecule has 0 bridgehead atoms. The Balaban J connectivity index is 1.38. The SMILES string of the molecule is COC(=O)[C@@H]1C[C@@H]2CCCC[C@@H]2N1C(=O)CCC(=O)N1CCc2sccc2C1. The minimum atomic E-state index is -0.482. The Hall–Kier alpha value is -1.89. The smallest absolute Gasteiger partial charge is 0.328 e. The normalized spacial score (nSPS) is 26.5. The highest BCUT2D eigenvalue weighted by atomic mass is 32.1. The van der Waals surface area contributed by atoms with Gasteiger partial charge in [-0.2, -0.15) is 0 Å². The van der Waals surface area contributed by atoms with E-state index in [1.807, 2.05) is 4.90 Å². The van der Waals surface area contributed by atoms with Gasteiger partial charge in [-0.15, -0.1) is 11.3 Å². The van der Waals surface area contributed by atoms with Crippen LogP contribution in [0.3, 0.4) is 0 Å². The van der Waals surface area contributed by atoms with Gasteiger partial charge < -0.3 is 14.5 Å². The summed E-state index contributed by atoms with van der Waals surface area (Å²) in [5.41, 5.74) is 1.23. The molecule has 0 N–H and O–H groups in total. The fourth-order valence-electron chi connectivity index (χ4n) is 5.13. The molecular weight excluding hydrogens is 376 g/mol. The van der Waals surface area contributed by atoms with Gasteiger partial charge >= 0.3 is 5.97 Å². The maximum atomic E-state index is 13.0. The van der Waals surface area contributed by atoms with Crippen molar-refractivity contribution in [3.05, 3.63) is 21.9 Å². The summed E-state index contributed by atoms with van der Waals surface area (Å²) >= 11 is 1.75. The lowest BCUT2D eigenvalue weighted by Gasteiger charge is -2.33. The number of nitrogens with zero attached hydrogens (tertiary/aromatic N) is 2. The standard InChI is InChI=1S/C21H28N2O4S/c1-27-21(26)17-12-14-4-2-3-5-16(14)23(17)20(25)7-6-19(24)22-10-8-18-15(13-22)9-11-28-18/h9,11,14,16-17H,2-8,10,12-13H2,1H3/t14-,16-,17-/m0/s1. The third-order valence-electron chi connectivity index (χ3n) is 6.56. The lowest BCUT2D eigenvalue weighted by atomic mass is 9.84. The second kappa shape index (κ2) is 8.23. The first-order chi connectivity index (χ1) is 13.6. The molecule has 2 amide bonds. The summed E-state index contributed by atoms with van der Waals surface area (Å²) in [5, 5.41) is 2.07. The van der Waals surface area contributed by atoms with Crippen molar-refractivity contribution in [3.63, 3.8) is 0 Å². The van der Waals surface area contributed by atoms with E-state index in [0.717, 1.165) is 38.6 Å². The Bertz CT molecular complexity index is 761. The zero-order valence-corrected chi connectivity index (χ0v) is 17.2. The molecule has 152 valence electrons. The molecule has 0 spiro atoms. The molecule has 6 nitrogen and oxygen atoms in total. The number of amides is 2. The summed E-state index contributed by atoms with van der Waals surface area (Å²) in [6.07, 6.45) is 6.24. The van der Waals surface area contributed by atoms with Crippen LogP contribution in [0.5, 0.6) is 0 Å². The molecule has 1 aromatic heterocycles. The first kappa shape index (κ1) is 19.4. The third kappa shape index (κ3) is 3.69. The van der Waals surface area contributed by atoms with Gasteiger partial charge in [0, 0.05) is 36.9 Å². The van der Waals surface area contributed by atoms with Gasteiger partial charge in [-0.25, -0.2) is 4.79 Å². The predicted molar refractivity (Wildman–Crippen MR) is 106 cm³/mol. The van der Waals surface area contributed by atoms with Gasteiger partial charge in [-0.1, -0.05) is 12.8 Å². The number of carbonyl (C=O) groups excluding carboxylic acids is 3. The predicted octanol–water partition coefficient (Wildman–Crippen LogP) is 2.75. The van der Waals surface area contributed by atoms with E-state index in [4.69, 9.17) is 4.74 Å². The Labute approximate surface area is 169 Å². The van der Waals surface area contributed by atoms with Crippen LogP contribution in [0, 0.1) is 5.92 Å². The molecule has 2 fully saturated rings. The Morgan fingerprint density at radius 3 is 2.79 bits per heavy atom. The summed E-state index contributed by atoms with van der Waals surface area (Å²) in [4.78, 5) is 42.9. The Kier molecular flexibility index (Phi) is 5.71. The summed E-state index contributed by atoms with van der Waals surface area (Å²) in [7, 11) is 1.38. The molecule has 1 saturated carbocycles. The summed E-state index contributed by atoms with van der Waals surface area (Å²) in [6.45, 7) is 1.37. The van der Waals surface area contributed by atoms with E-state index in [0.29, 0.717) is 18.9 Å². The quantitative estimate of drug-likeness (QED) is 0.724. The van der Waals surface area contributed by atoms with Crippen LogP contribution in [0.1, 0.15) is 55.4 Å². The van der Waals surface area contributed by atoms with Crippen molar-refractivity contribution < 1.29 is 19.1 Å². The molecule has 2 aliphatic heterocycles. The van der Waals surface area contributed by atoms with Gasteiger partial charge in [0.25, 0.3) is 0 Å². The molecule has 4 rings (SSSR count). The molecule has 3 aliphatic rings. The maximum absolute atomic E-state index is 13.0. The Morgan fingerprint density at radius 2 is 1.96 bits per heavy atom. The van der Waals surface area contributed by atoms with Crippen molar-refractivity contribution in [2.75, 3.05) is 13.7 Å². The van der Waals surface area contributed by atoms with Gasteiger partial charge in [0.2, 0.25) is 11.8 Å².